The zero-order valence-electron chi connectivity index (χ0n) is 19.4. The van der Waals surface area contributed by atoms with Gasteiger partial charge < -0.3 is 25.4 Å². The summed E-state index contributed by atoms with van der Waals surface area (Å²) in [7, 11) is 1.77. The van der Waals surface area contributed by atoms with Gasteiger partial charge in [0.15, 0.2) is 5.96 Å². The van der Waals surface area contributed by atoms with Crippen molar-refractivity contribution in [3.8, 4) is 5.88 Å². The van der Waals surface area contributed by atoms with Crippen molar-refractivity contribution in [2.24, 2.45) is 4.99 Å². The third-order valence-electron chi connectivity index (χ3n) is 4.72. The fourth-order valence-electron chi connectivity index (χ4n) is 3.24. The number of guanidine groups is 1. The Kier molecular flexibility index (Phi) is 12.0. The maximum Gasteiger partial charge on any atom is 0.407 e. The average Bonchev–Trinajstić information content (AvgIpc) is 2.70. The number of nitrogens with zero attached hydrogens (tertiary/aromatic N) is 2. The number of carbonyl (C=O) groups is 1. The molecule has 0 aromatic carbocycles. The molecular weight excluding hydrogens is 509 g/mol. The molecule has 1 amide bonds. The molecule has 8 nitrogen and oxygen atoms in total. The molecule has 2 rings (SSSR count). The fourth-order valence-corrected chi connectivity index (χ4v) is 3.24. The zero-order valence-corrected chi connectivity index (χ0v) is 21.7. The van der Waals surface area contributed by atoms with E-state index in [-0.39, 0.29) is 36.1 Å². The van der Waals surface area contributed by atoms with Gasteiger partial charge in [0.1, 0.15) is 5.60 Å². The zero-order chi connectivity index (χ0) is 22.0. The van der Waals surface area contributed by atoms with Gasteiger partial charge in [0, 0.05) is 37.9 Å². The average molecular weight is 547 g/mol. The van der Waals surface area contributed by atoms with Gasteiger partial charge >= 0.3 is 6.09 Å². The lowest BCUT2D eigenvalue weighted by Crippen LogP contribution is -2.47. The van der Waals surface area contributed by atoms with Crippen molar-refractivity contribution in [1.82, 2.24) is 20.9 Å². The van der Waals surface area contributed by atoms with Crippen LogP contribution < -0.4 is 20.7 Å². The molecule has 31 heavy (non-hydrogen) atoms. The molecule has 1 fully saturated rings. The van der Waals surface area contributed by atoms with Gasteiger partial charge in [-0.2, -0.15) is 0 Å². The third kappa shape index (κ3) is 10.9. The van der Waals surface area contributed by atoms with Crippen molar-refractivity contribution in [3.05, 3.63) is 23.9 Å². The number of hydrogen-bond acceptors (Lipinski definition) is 5. The summed E-state index contributed by atoms with van der Waals surface area (Å²) in [6.07, 6.45) is 6.20. The molecule has 176 valence electrons. The van der Waals surface area contributed by atoms with E-state index in [9.17, 15) is 4.79 Å². The molecule has 0 saturated heterocycles. The van der Waals surface area contributed by atoms with Crippen LogP contribution in [-0.4, -0.2) is 48.4 Å². The quantitative estimate of drug-likeness (QED) is 0.272. The minimum absolute atomic E-state index is 0. The van der Waals surface area contributed by atoms with Crippen molar-refractivity contribution >= 4 is 36.0 Å². The second-order valence-corrected chi connectivity index (χ2v) is 8.62. The highest BCUT2D eigenvalue weighted by atomic mass is 127. The Balaban J connectivity index is 0.00000480. The van der Waals surface area contributed by atoms with E-state index in [0.717, 1.165) is 43.6 Å². The number of carbonyl (C=O) groups excluding carboxylic acids is 1. The molecule has 0 radical (unpaired) electrons. The number of pyridine rings is 1. The van der Waals surface area contributed by atoms with Crippen LogP contribution >= 0.6 is 24.0 Å². The van der Waals surface area contributed by atoms with Crippen LogP contribution in [0, 0.1) is 0 Å². The highest BCUT2D eigenvalue weighted by Gasteiger charge is 2.25. The first-order valence-corrected chi connectivity index (χ1v) is 10.8. The molecule has 1 aliphatic carbocycles. The van der Waals surface area contributed by atoms with Gasteiger partial charge in [0.2, 0.25) is 5.88 Å². The topological polar surface area (TPSA) is 96.9 Å². The molecule has 1 heterocycles. The van der Waals surface area contributed by atoms with Gasteiger partial charge in [-0.1, -0.05) is 13.0 Å². The molecule has 0 bridgehead atoms. The second kappa shape index (κ2) is 13.6. The lowest BCUT2D eigenvalue weighted by molar-refractivity contribution is 0.0490. The van der Waals surface area contributed by atoms with Crippen molar-refractivity contribution < 1.29 is 14.3 Å². The van der Waals surface area contributed by atoms with Crippen LogP contribution in [0.1, 0.15) is 65.4 Å². The van der Waals surface area contributed by atoms with Crippen LogP contribution in [0.15, 0.2) is 23.3 Å². The number of aliphatic imine (C=N–C) groups is 1. The molecule has 3 N–H and O–H groups in total. The number of hydrogen-bond donors (Lipinski definition) is 3. The van der Waals surface area contributed by atoms with Crippen molar-refractivity contribution in [2.75, 3.05) is 13.7 Å². The second-order valence-electron chi connectivity index (χ2n) is 8.62. The first kappa shape index (κ1) is 27.3. The fraction of sp³-hybridized carbons (Fsp3) is 0.682. The van der Waals surface area contributed by atoms with Gasteiger partial charge in [-0.05, 0) is 58.4 Å². The van der Waals surface area contributed by atoms with Crippen LogP contribution in [0.4, 0.5) is 4.79 Å². The van der Waals surface area contributed by atoms with Crippen molar-refractivity contribution in [1.29, 1.82) is 0 Å². The molecular formula is C22H38IN5O3. The third-order valence-corrected chi connectivity index (χ3v) is 4.72. The van der Waals surface area contributed by atoms with E-state index in [1.807, 2.05) is 39.1 Å². The summed E-state index contributed by atoms with van der Waals surface area (Å²) < 4.78 is 10.9. The summed E-state index contributed by atoms with van der Waals surface area (Å²) >= 11 is 0. The molecule has 0 spiro atoms. The largest absolute Gasteiger partial charge is 0.478 e. The molecule has 1 aromatic rings. The van der Waals surface area contributed by atoms with Crippen molar-refractivity contribution in [2.45, 2.75) is 84.0 Å². The van der Waals surface area contributed by atoms with E-state index in [1.165, 1.54) is 0 Å². The predicted molar refractivity (Wildman–Crippen MR) is 134 cm³/mol. The lowest BCUT2D eigenvalue weighted by Gasteiger charge is -2.31. The van der Waals surface area contributed by atoms with E-state index in [2.05, 4.69) is 32.9 Å². The Morgan fingerprint density at radius 2 is 1.81 bits per heavy atom. The summed E-state index contributed by atoms with van der Waals surface area (Å²) in [6, 6.07) is 4.39. The smallest absolute Gasteiger partial charge is 0.407 e. The first-order valence-electron chi connectivity index (χ1n) is 10.8. The van der Waals surface area contributed by atoms with E-state index in [1.54, 1.807) is 7.05 Å². The molecule has 1 aliphatic rings. The van der Waals surface area contributed by atoms with Crippen LogP contribution in [0.25, 0.3) is 0 Å². The summed E-state index contributed by atoms with van der Waals surface area (Å²) in [4.78, 5) is 20.6. The summed E-state index contributed by atoms with van der Waals surface area (Å²) in [5.41, 5.74) is 0.589. The Morgan fingerprint density at radius 3 is 2.32 bits per heavy atom. The van der Waals surface area contributed by atoms with Gasteiger partial charge in [0.05, 0.1) is 6.61 Å². The normalized spacial score (nSPS) is 19.1. The van der Waals surface area contributed by atoms with E-state index in [0.29, 0.717) is 25.1 Å². The van der Waals surface area contributed by atoms with E-state index >= 15 is 0 Å². The number of alkyl carbamates (subject to hydrolysis) is 1. The SMILES string of the molecule is CCCOc1ccc(CNC(=NC)NC2CCC(NC(=O)OC(C)(C)C)CC2)cn1.I. The minimum atomic E-state index is -0.473. The summed E-state index contributed by atoms with van der Waals surface area (Å²) in [6.45, 7) is 9.00. The Morgan fingerprint density at radius 1 is 1.16 bits per heavy atom. The van der Waals surface area contributed by atoms with Crippen LogP contribution in [0.2, 0.25) is 0 Å². The van der Waals surface area contributed by atoms with Crippen molar-refractivity contribution in [3.63, 3.8) is 0 Å². The highest BCUT2D eigenvalue weighted by Crippen LogP contribution is 2.19. The Hall–Kier alpha value is -1.78. The van der Waals surface area contributed by atoms with Gasteiger partial charge in [0.25, 0.3) is 0 Å². The number of rotatable bonds is 7. The number of aromatic nitrogens is 1. The van der Waals surface area contributed by atoms with Gasteiger partial charge in [-0.3, -0.25) is 4.99 Å². The maximum atomic E-state index is 11.9. The van der Waals surface area contributed by atoms with E-state index in [4.69, 9.17) is 9.47 Å². The molecule has 0 aliphatic heterocycles. The minimum Gasteiger partial charge on any atom is -0.478 e. The maximum absolute atomic E-state index is 11.9. The summed E-state index contributed by atoms with van der Waals surface area (Å²) in [5, 5.41) is 9.79. The number of halogens is 1. The number of amides is 1. The van der Waals surface area contributed by atoms with Crippen LogP contribution in [0.5, 0.6) is 5.88 Å². The molecule has 1 saturated carbocycles. The van der Waals surface area contributed by atoms with Crippen LogP contribution in [-0.2, 0) is 11.3 Å². The monoisotopic (exact) mass is 547 g/mol. The Labute approximate surface area is 203 Å². The van der Waals surface area contributed by atoms with Crippen LogP contribution in [0.3, 0.4) is 0 Å². The Bertz CT molecular complexity index is 683. The van der Waals surface area contributed by atoms with Gasteiger partial charge in [-0.25, -0.2) is 9.78 Å². The molecule has 0 unspecified atom stereocenters. The number of ether oxygens (including phenoxy) is 2. The van der Waals surface area contributed by atoms with Gasteiger partial charge in [-0.15, -0.1) is 24.0 Å². The lowest BCUT2D eigenvalue weighted by atomic mass is 9.91. The first-order chi connectivity index (χ1) is 14.3. The highest BCUT2D eigenvalue weighted by molar-refractivity contribution is 14.0. The molecule has 0 atom stereocenters. The summed E-state index contributed by atoms with van der Waals surface area (Å²) in [5.74, 6) is 1.42. The molecule has 1 aromatic heterocycles. The predicted octanol–water partition coefficient (Wildman–Crippen LogP) is 3.99. The number of nitrogens with one attached hydrogen (secondary N) is 3. The van der Waals surface area contributed by atoms with E-state index < -0.39 is 5.60 Å². The standard InChI is InChI=1S/C22H37N5O3.HI/c1-6-13-29-19-12-7-16(14-24-19)15-25-20(23-5)26-17-8-10-18(11-9-17)27-21(28)30-22(2,3)4;/h7,12,14,17-18H,6,8-11,13,15H2,1-5H3,(H,27,28)(H2,23,25,26);1H. The molecule has 9 heteroatoms.